The number of morpholine rings is 1. The van der Waals surface area contributed by atoms with Gasteiger partial charge in [-0.3, -0.25) is 0 Å². The smallest absolute Gasteiger partial charge is 0.128 e. The van der Waals surface area contributed by atoms with Gasteiger partial charge in [-0.25, -0.2) is 0 Å². The van der Waals surface area contributed by atoms with Crippen LogP contribution in [0.5, 0.6) is 5.75 Å². The van der Waals surface area contributed by atoms with Crippen LogP contribution in [0, 0.1) is 0 Å². The topological polar surface area (TPSA) is 30.5 Å². The Labute approximate surface area is 117 Å². The molecule has 0 spiro atoms. The van der Waals surface area contributed by atoms with Crippen LogP contribution in [-0.2, 0) is 4.74 Å². The van der Waals surface area contributed by atoms with Gasteiger partial charge in [0, 0.05) is 23.5 Å². The van der Waals surface area contributed by atoms with E-state index in [-0.39, 0.29) is 6.10 Å². The zero-order valence-electron chi connectivity index (χ0n) is 10.7. The van der Waals surface area contributed by atoms with Crippen molar-refractivity contribution in [2.45, 2.75) is 6.10 Å². The van der Waals surface area contributed by atoms with Crippen LogP contribution in [0.2, 0.25) is 0 Å². The summed E-state index contributed by atoms with van der Waals surface area (Å²) >= 11 is 1.73. The third-order valence-corrected chi connectivity index (χ3v) is 4.01. The van der Waals surface area contributed by atoms with Crippen LogP contribution in [0.1, 0.15) is 0 Å². The third-order valence-electron chi connectivity index (χ3n) is 3.10. The molecule has 1 N–H and O–H groups in total. The van der Waals surface area contributed by atoms with E-state index in [0.29, 0.717) is 6.61 Å². The van der Waals surface area contributed by atoms with Gasteiger partial charge in [-0.1, -0.05) is 18.2 Å². The fourth-order valence-electron chi connectivity index (χ4n) is 2.14. The Morgan fingerprint density at radius 2 is 2.21 bits per heavy atom. The summed E-state index contributed by atoms with van der Waals surface area (Å²) in [5.41, 5.74) is 1.15. The Morgan fingerprint density at radius 1 is 1.26 bits per heavy atom. The van der Waals surface area contributed by atoms with Gasteiger partial charge in [0.25, 0.3) is 0 Å². The van der Waals surface area contributed by atoms with Crippen molar-refractivity contribution in [3.63, 3.8) is 0 Å². The van der Waals surface area contributed by atoms with Crippen molar-refractivity contribution in [3.8, 4) is 16.2 Å². The molecule has 1 fully saturated rings. The first-order chi connectivity index (χ1) is 9.43. The van der Waals surface area contributed by atoms with Crippen molar-refractivity contribution >= 4 is 11.3 Å². The van der Waals surface area contributed by atoms with Gasteiger partial charge in [-0.05, 0) is 23.6 Å². The largest absolute Gasteiger partial charge is 0.490 e. The lowest BCUT2D eigenvalue weighted by molar-refractivity contribution is 0.000321. The lowest BCUT2D eigenvalue weighted by atomic mass is 10.1. The van der Waals surface area contributed by atoms with Gasteiger partial charge < -0.3 is 14.8 Å². The van der Waals surface area contributed by atoms with E-state index in [1.54, 1.807) is 11.3 Å². The molecule has 0 radical (unpaired) electrons. The predicted molar refractivity (Wildman–Crippen MR) is 77.9 cm³/mol. The van der Waals surface area contributed by atoms with Crippen molar-refractivity contribution in [2.75, 3.05) is 26.3 Å². The van der Waals surface area contributed by atoms with Gasteiger partial charge in [0.05, 0.1) is 6.61 Å². The summed E-state index contributed by atoms with van der Waals surface area (Å²) in [5, 5.41) is 5.39. The van der Waals surface area contributed by atoms with E-state index in [0.717, 1.165) is 31.0 Å². The van der Waals surface area contributed by atoms with E-state index in [4.69, 9.17) is 9.47 Å². The third kappa shape index (κ3) is 3.15. The molecule has 3 nitrogen and oxygen atoms in total. The quantitative estimate of drug-likeness (QED) is 0.930. The molecule has 3 rings (SSSR count). The van der Waals surface area contributed by atoms with Crippen molar-refractivity contribution in [1.82, 2.24) is 5.32 Å². The molecule has 0 amide bonds. The molecule has 100 valence electrons. The Balaban J connectivity index is 1.70. The monoisotopic (exact) mass is 275 g/mol. The Bertz CT molecular complexity index is 507. The number of ether oxygens (including phenoxy) is 2. The minimum atomic E-state index is 0.144. The molecule has 1 saturated heterocycles. The molecule has 1 aromatic carbocycles. The Kier molecular flexibility index (Phi) is 4.13. The molecule has 1 aromatic heterocycles. The zero-order chi connectivity index (χ0) is 12.9. The zero-order valence-corrected chi connectivity index (χ0v) is 11.5. The summed E-state index contributed by atoms with van der Waals surface area (Å²) in [5.74, 6) is 0.930. The van der Waals surface area contributed by atoms with Gasteiger partial charge in [0.2, 0.25) is 0 Å². The minimum Gasteiger partial charge on any atom is -0.490 e. The molecule has 4 heteroatoms. The molecule has 19 heavy (non-hydrogen) atoms. The van der Waals surface area contributed by atoms with Crippen LogP contribution >= 0.6 is 11.3 Å². The standard InChI is InChI=1S/C15H17NO2S/c1-2-5-14(13(4-1)15-6-3-9-19-15)18-11-12-10-16-7-8-17-12/h1-6,9,12,16H,7-8,10-11H2/t12-/m0/s1. The Hall–Kier alpha value is -1.36. The van der Waals surface area contributed by atoms with E-state index in [1.807, 2.05) is 18.2 Å². The van der Waals surface area contributed by atoms with Crippen molar-refractivity contribution in [3.05, 3.63) is 41.8 Å². The number of benzene rings is 1. The average Bonchev–Trinajstić information content (AvgIpc) is 3.01. The Morgan fingerprint density at radius 3 is 3.00 bits per heavy atom. The van der Waals surface area contributed by atoms with Crippen LogP contribution < -0.4 is 10.1 Å². The van der Waals surface area contributed by atoms with Crippen LogP contribution in [-0.4, -0.2) is 32.4 Å². The molecule has 0 unspecified atom stereocenters. The molecule has 0 aliphatic carbocycles. The van der Waals surface area contributed by atoms with Crippen LogP contribution in [0.3, 0.4) is 0 Å². The number of para-hydroxylation sites is 1. The molecule has 1 atom stereocenters. The lowest BCUT2D eigenvalue weighted by Gasteiger charge is -2.24. The fourth-order valence-corrected chi connectivity index (χ4v) is 2.89. The van der Waals surface area contributed by atoms with Gasteiger partial charge in [0.15, 0.2) is 0 Å². The highest BCUT2D eigenvalue weighted by atomic mass is 32.1. The summed E-state index contributed by atoms with van der Waals surface area (Å²) in [7, 11) is 0. The maximum atomic E-state index is 5.94. The highest BCUT2D eigenvalue weighted by Gasteiger charge is 2.15. The van der Waals surface area contributed by atoms with Crippen LogP contribution in [0.15, 0.2) is 41.8 Å². The van der Waals surface area contributed by atoms with Crippen LogP contribution in [0.25, 0.3) is 10.4 Å². The molecule has 2 heterocycles. The molecule has 0 bridgehead atoms. The number of nitrogens with one attached hydrogen (secondary N) is 1. The van der Waals surface area contributed by atoms with E-state index < -0.39 is 0 Å². The molecule has 1 aliphatic heterocycles. The van der Waals surface area contributed by atoms with Crippen molar-refractivity contribution < 1.29 is 9.47 Å². The number of hydrogen-bond acceptors (Lipinski definition) is 4. The van der Waals surface area contributed by atoms with E-state index >= 15 is 0 Å². The second-order valence-electron chi connectivity index (χ2n) is 4.48. The average molecular weight is 275 g/mol. The second kappa shape index (κ2) is 6.19. The van der Waals surface area contributed by atoms with E-state index in [9.17, 15) is 0 Å². The second-order valence-corrected chi connectivity index (χ2v) is 5.43. The molecule has 0 saturated carbocycles. The number of rotatable bonds is 4. The number of thiophene rings is 1. The summed E-state index contributed by atoms with van der Waals surface area (Å²) < 4.78 is 11.6. The minimum absolute atomic E-state index is 0.144. The highest BCUT2D eigenvalue weighted by Crippen LogP contribution is 2.33. The first kappa shape index (κ1) is 12.7. The first-order valence-electron chi connectivity index (χ1n) is 6.51. The number of hydrogen-bond donors (Lipinski definition) is 1. The van der Waals surface area contributed by atoms with Gasteiger partial charge in [-0.15, -0.1) is 11.3 Å². The molecule has 2 aromatic rings. The van der Waals surface area contributed by atoms with Crippen molar-refractivity contribution in [2.24, 2.45) is 0 Å². The van der Waals surface area contributed by atoms with Gasteiger partial charge in [0.1, 0.15) is 18.5 Å². The fraction of sp³-hybridized carbons (Fsp3) is 0.333. The molecular formula is C15H17NO2S. The van der Waals surface area contributed by atoms with Gasteiger partial charge >= 0.3 is 0 Å². The highest BCUT2D eigenvalue weighted by molar-refractivity contribution is 7.13. The summed E-state index contributed by atoms with van der Waals surface area (Å²) in [6.45, 7) is 3.15. The lowest BCUT2D eigenvalue weighted by Crippen LogP contribution is -2.41. The van der Waals surface area contributed by atoms with E-state index in [2.05, 4.69) is 28.9 Å². The van der Waals surface area contributed by atoms with E-state index in [1.165, 1.54) is 4.88 Å². The maximum absolute atomic E-state index is 5.94. The molecule has 1 aliphatic rings. The van der Waals surface area contributed by atoms with Crippen molar-refractivity contribution in [1.29, 1.82) is 0 Å². The summed E-state index contributed by atoms with van der Waals surface area (Å²) in [6, 6.07) is 12.3. The van der Waals surface area contributed by atoms with Gasteiger partial charge in [-0.2, -0.15) is 0 Å². The summed E-state index contributed by atoms with van der Waals surface area (Å²) in [6.07, 6.45) is 0.144. The van der Waals surface area contributed by atoms with Crippen LogP contribution in [0.4, 0.5) is 0 Å². The molecular weight excluding hydrogens is 258 g/mol. The predicted octanol–water partition coefficient (Wildman–Crippen LogP) is 2.78. The maximum Gasteiger partial charge on any atom is 0.128 e. The normalized spacial score (nSPS) is 19.3. The first-order valence-corrected chi connectivity index (χ1v) is 7.39. The SMILES string of the molecule is c1csc(-c2ccccc2OC[C@@H]2CNCCO2)c1. The summed E-state index contributed by atoms with van der Waals surface area (Å²) in [4.78, 5) is 1.23.